The minimum Gasteiger partial charge on any atom is -0.297 e. The van der Waals surface area contributed by atoms with E-state index in [-0.39, 0.29) is 4.90 Å². The van der Waals surface area contributed by atoms with Crippen LogP contribution in [0.25, 0.3) is 20.9 Å². The highest BCUT2D eigenvalue weighted by atomic mass is 32.2. The predicted octanol–water partition coefficient (Wildman–Crippen LogP) is 3.27. The summed E-state index contributed by atoms with van der Waals surface area (Å²) >= 11 is 0. The van der Waals surface area contributed by atoms with Gasteiger partial charge in [-0.25, -0.2) is 8.42 Å². The van der Waals surface area contributed by atoms with Crippen molar-refractivity contribution in [1.82, 2.24) is 0 Å². The number of ketones is 1. The van der Waals surface area contributed by atoms with Gasteiger partial charge in [-0.1, -0.05) is 41.8 Å². The molecule has 0 aliphatic heterocycles. The molecule has 0 aliphatic rings. The summed E-state index contributed by atoms with van der Waals surface area (Å²) < 4.78 is 25.5. The number of nitrogens with zero attached hydrogens (tertiary/aromatic N) is 6. The Balaban J connectivity index is 3.76. The number of rotatable bonds is 6. The summed E-state index contributed by atoms with van der Waals surface area (Å²) in [5.41, 5.74) is 18.1. The van der Waals surface area contributed by atoms with Crippen LogP contribution in [0.2, 0.25) is 0 Å². The number of benzene rings is 1. The second-order valence-corrected chi connectivity index (χ2v) is 6.87. The van der Waals surface area contributed by atoms with Gasteiger partial charge in [-0.05, 0) is 30.1 Å². The Bertz CT molecular complexity index is 754. The highest BCUT2D eigenvalue weighted by Gasteiger charge is 2.51. The van der Waals surface area contributed by atoms with Gasteiger partial charge in [0.1, 0.15) is 0 Å². The second kappa shape index (κ2) is 6.48. The van der Waals surface area contributed by atoms with E-state index >= 15 is 0 Å². The average molecular weight is 322 g/mol. The smallest absolute Gasteiger partial charge is 0.290 e. The average Bonchev–Trinajstić information content (AvgIpc) is 2.46. The Morgan fingerprint density at radius 1 is 1.14 bits per heavy atom. The third-order valence-corrected chi connectivity index (χ3v) is 4.92. The highest BCUT2D eigenvalue weighted by Crippen LogP contribution is 2.33. The summed E-state index contributed by atoms with van der Waals surface area (Å²) in [4.78, 5) is 14.0. The molecule has 0 N–H and O–H groups in total. The fourth-order valence-electron chi connectivity index (χ4n) is 1.74. The molecule has 22 heavy (non-hydrogen) atoms. The van der Waals surface area contributed by atoms with E-state index in [2.05, 4.69) is 20.1 Å². The first-order chi connectivity index (χ1) is 10.2. The Labute approximate surface area is 127 Å². The molecule has 0 radical (unpaired) electrons. The SMILES string of the molecule is Cc1ccc(S(=O)(=O)C(N=[N+]=[N-])(N=[N+]=[N-])C(=O)C(C)C)cc1. The Morgan fingerprint density at radius 2 is 1.59 bits per heavy atom. The summed E-state index contributed by atoms with van der Waals surface area (Å²) in [7, 11) is -4.54. The molecule has 0 spiro atoms. The van der Waals surface area contributed by atoms with Crippen LogP contribution in [0.1, 0.15) is 19.4 Å². The molecular weight excluding hydrogens is 308 g/mol. The van der Waals surface area contributed by atoms with Crippen LogP contribution >= 0.6 is 0 Å². The predicted molar refractivity (Wildman–Crippen MR) is 79.2 cm³/mol. The maximum absolute atomic E-state index is 12.7. The first-order valence-corrected chi connectivity index (χ1v) is 7.69. The van der Waals surface area contributed by atoms with Crippen molar-refractivity contribution in [1.29, 1.82) is 0 Å². The topological polar surface area (TPSA) is 149 Å². The molecule has 10 heteroatoms. The number of aryl methyl sites for hydroxylation is 1. The van der Waals surface area contributed by atoms with E-state index < -0.39 is 26.5 Å². The Kier molecular flexibility index (Phi) is 5.16. The van der Waals surface area contributed by atoms with E-state index in [9.17, 15) is 13.2 Å². The van der Waals surface area contributed by atoms with Crippen molar-refractivity contribution in [3.63, 3.8) is 0 Å². The van der Waals surface area contributed by atoms with Crippen LogP contribution in [-0.2, 0) is 14.6 Å². The first kappa shape index (κ1) is 17.5. The van der Waals surface area contributed by atoms with E-state index in [0.29, 0.717) is 0 Å². The molecule has 1 rings (SSSR count). The maximum Gasteiger partial charge on any atom is 0.290 e. The van der Waals surface area contributed by atoms with Crippen LogP contribution in [0.15, 0.2) is 39.4 Å². The number of sulfone groups is 1. The van der Waals surface area contributed by atoms with E-state index in [1.165, 1.54) is 38.1 Å². The molecule has 9 nitrogen and oxygen atoms in total. The highest BCUT2D eigenvalue weighted by molar-refractivity contribution is 7.93. The number of carbonyl (C=O) groups excluding carboxylic acids is 1. The summed E-state index contributed by atoms with van der Waals surface area (Å²) in [5.74, 6) is -1.82. The minimum absolute atomic E-state index is 0.271. The summed E-state index contributed by atoms with van der Waals surface area (Å²) in [6.07, 6.45) is 0. The van der Waals surface area contributed by atoms with Crippen molar-refractivity contribution in [2.75, 3.05) is 0 Å². The number of Topliss-reactive ketones (excluding diaryl/α,β-unsaturated/α-hetero) is 1. The summed E-state index contributed by atoms with van der Waals surface area (Å²) in [5, 5.41) is 6.12. The van der Waals surface area contributed by atoms with Gasteiger partial charge in [0.15, 0.2) is 5.78 Å². The van der Waals surface area contributed by atoms with E-state index in [1.807, 2.05) is 0 Å². The molecule has 0 aliphatic carbocycles. The molecule has 0 saturated carbocycles. The van der Waals surface area contributed by atoms with Crippen molar-refractivity contribution in [3.05, 3.63) is 50.7 Å². The van der Waals surface area contributed by atoms with Crippen molar-refractivity contribution >= 4 is 15.6 Å². The van der Waals surface area contributed by atoms with Gasteiger partial charge >= 0.3 is 0 Å². The maximum atomic E-state index is 12.7. The summed E-state index contributed by atoms with van der Waals surface area (Å²) in [6, 6.07) is 5.55. The van der Waals surface area contributed by atoms with Gasteiger partial charge in [0.2, 0.25) is 9.84 Å². The molecule has 1 aromatic carbocycles. The fraction of sp³-hybridized carbons (Fsp3) is 0.417. The van der Waals surface area contributed by atoms with E-state index in [0.717, 1.165) is 5.56 Å². The Hall–Kier alpha value is -2.54. The molecule has 0 unspecified atom stereocenters. The molecular formula is C12H14N6O3S. The lowest BCUT2D eigenvalue weighted by molar-refractivity contribution is -0.124. The lowest BCUT2D eigenvalue weighted by Crippen LogP contribution is -2.44. The van der Waals surface area contributed by atoms with Gasteiger partial charge in [-0.2, -0.15) is 0 Å². The van der Waals surface area contributed by atoms with Gasteiger partial charge in [-0.3, -0.25) is 4.79 Å². The molecule has 1 aromatic rings. The van der Waals surface area contributed by atoms with Crippen LogP contribution in [0.3, 0.4) is 0 Å². The zero-order valence-electron chi connectivity index (χ0n) is 12.2. The Morgan fingerprint density at radius 3 is 1.95 bits per heavy atom. The largest absolute Gasteiger partial charge is 0.297 e. The van der Waals surface area contributed by atoms with Gasteiger partial charge in [0, 0.05) is 15.7 Å². The molecule has 116 valence electrons. The number of hydrogen-bond donors (Lipinski definition) is 0. The molecule has 0 saturated heterocycles. The molecule has 0 bridgehead atoms. The van der Waals surface area contributed by atoms with Crippen LogP contribution in [0.5, 0.6) is 0 Å². The van der Waals surface area contributed by atoms with Crippen LogP contribution in [-0.4, -0.2) is 19.2 Å². The van der Waals surface area contributed by atoms with Gasteiger partial charge < -0.3 is 0 Å². The molecule has 0 aromatic heterocycles. The molecule has 0 fully saturated rings. The number of hydrogen-bond acceptors (Lipinski definition) is 5. The van der Waals surface area contributed by atoms with Gasteiger partial charge in [0.05, 0.1) is 4.90 Å². The number of azide groups is 1. The zero-order chi connectivity index (χ0) is 17.0. The van der Waals surface area contributed by atoms with Gasteiger partial charge in [-0.15, -0.1) is 0 Å². The van der Waals surface area contributed by atoms with E-state index in [4.69, 9.17) is 11.1 Å². The summed E-state index contributed by atoms with van der Waals surface area (Å²) in [6.45, 7) is 4.59. The van der Waals surface area contributed by atoms with Crippen LogP contribution in [0.4, 0.5) is 0 Å². The van der Waals surface area contributed by atoms with Gasteiger partial charge in [0.25, 0.3) is 4.99 Å². The standard InChI is InChI=1S/C12H14N6O3S/c1-8(2)11(19)12(15-17-13,16-18-14)22(20,21)10-6-4-9(3)5-7-10/h4-8H,1-3H3. The van der Waals surface area contributed by atoms with Crippen molar-refractivity contribution < 1.29 is 13.2 Å². The minimum atomic E-state index is -4.54. The molecule has 0 atom stereocenters. The third-order valence-electron chi connectivity index (χ3n) is 2.91. The lowest BCUT2D eigenvalue weighted by Gasteiger charge is -2.24. The lowest BCUT2D eigenvalue weighted by atomic mass is 10.1. The fourth-order valence-corrected chi connectivity index (χ4v) is 3.35. The van der Waals surface area contributed by atoms with Crippen LogP contribution < -0.4 is 0 Å². The van der Waals surface area contributed by atoms with Crippen molar-refractivity contribution in [3.8, 4) is 0 Å². The quantitative estimate of drug-likeness (QED) is 0.449. The van der Waals surface area contributed by atoms with Crippen molar-refractivity contribution in [2.24, 2.45) is 16.1 Å². The number of carbonyl (C=O) groups is 1. The molecule has 0 heterocycles. The first-order valence-electron chi connectivity index (χ1n) is 6.21. The van der Waals surface area contributed by atoms with Crippen LogP contribution in [0, 0.1) is 12.8 Å². The monoisotopic (exact) mass is 322 g/mol. The third kappa shape index (κ3) is 2.89. The van der Waals surface area contributed by atoms with Crippen molar-refractivity contribution in [2.45, 2.75) is 30.7 Å². The zero-order valence-corrected chi connectivity index (χ0v) is 13.0. The van der Waals surface area contributed by atoms with E-state index in [1.54, 1.807) is 6.92 Å². The second-order valence-electron chi connectivity index (χ2n) is 4.82. The molecule has 0 amide bonds. The normalized spacial score (nSPS) is 13.6.